The number of fused-ring (bicyclic) bond motifs is 2. The monoisotopic (exact) mass is 397 g/mol. The fraction of sp³-hybridized carbons (Fsp3) is 0.0455. The normalized spacial score (nSPS) is 11.6. The Morgan fingerprint density at radius 2 is 1.76 bits per heavy atom. The Hall–Kier alpha value is -3.71. The van der Waals surface area contributed by atoms with Gasteiger partial charge in [-0.05, 0) is 24.6 Å². The quantitative estimate of drug-likeness (QED) is 0.427. The molecule has 0 atom stereocenters. The van der Waals surface area contributed by atoms with Crippen molar-refractivity contribution >= 4 is 38.8 Å². The van der Waals surface area contributed by atoms with Gasteiger partial charge in [-0.3, -0.25) is 9.78 Å². The van der Waals surface area contributed by atoms with Crippen molar-refractivity contribution in [2.45, 2.75) is 6.92 Å². The van der Waals surface area contributed by atoms with Crippen LogP contribution in [0.2, 0.25) is 0 Å². The van der Waals surface area contributed by atoms with Gasteiger partial charge in [0.1, 0.15) is 16.9 Å². The Labute approximate surface area is 169 Å². The van der Waals surface area contributed by atoms with Crippen LogP contribution in [-0.2, 0) is 0 Å². The van der Waals surface area contributed by atoms with E-state index in [2.05, 4.69) is 20.1 Å². The summed E-state index contributed by atoms with van der Waals surface area (Å²) in [4.78, 5) is 28.2. The average molecular weight is 397 g/mol. The molecule has 2 aromatic carbocycles. The van der Waals surface area contributed by atoms with E-state index >= 15 is 0 Å². The lowest BCUT2D eigenvalue weighted by Crippen LogP contribution is -2.17. The van der Waals surface area contributed by atoms with E-state index in [1.165, 1.54) is 28.6 Å². The lowest BCUT2D eigenvalue weighted by Gasteiger charge is -2.02. The van der Waals surface area contributed by atoms with Crippen LogP contribution in [0, 0.1) is 6.92 Å². The standard InChI is InChI=1S/C22H15N5OS/c1-14-19(15-7-3-2-4-8-15)20-21(29-14)24-13-27(22(20)28)25-12-16-11-23-17-9-5-6-10-18(17)26-16/h2-13H,1H3/b25-12-. The van der Waals surface area contributed by atoms with E-state index in [0.717, 1.165) is 27.0 Å². The smallest absolute Gasteiger partial charge is 0.267 e. The molecule has 0 unspecified atom stereocenters. The fourth-order valence-electron chi connectivity index (χ4n) is 3.28. The zero-order valence-electron chi connectivity index (χ0n) is 15.5. The molecule has 0 saturated heterocycles. The summed E-state index contributed by atoms with van der Waals surface area (Å²) in [5.41, 5.74) is 3.86. The van der Waals surface area contributed by atoms with Crippen LogP contribution >= 0.6 is 11.3 Å². The van der Waals surface area contributed by atoms with Crippen molar-refractivity contribution < 1.29 is 0 Å². The topological polar surface area (TPSA) is 73.0 Å². The first kappa shape index (κ1) is 17.4. The van der Waals surface area contributed by atoms with Crippen molar-refractivity contribution in [1.82, 2.24) is 19.6 Å². The third-order valence-corrected chi connectivity index (χ3v) is 5.63. The van der Waals surface area contributed by atoms with Crippen LogP contribution in [0.5, 0.6) is 0 Å². The van der Waals surface area contributed by atoms with Crippen LogP contribution in [-0.4, -0.2) is 25.8 Å². The lowest BCUT2D eigenvalue weighted by molar-refractivity contribution is 0.818. The molecule has 0 aliphatic heterocycles. The second-order valence-corrected chi connectivity index (χ2v) is 7.71. The summed E-state index contributed by atoms with van der Waals surface area (Å²) >= 11 is 1.51. The molecular formula is C22H15N5OS. The summed E-state index contributed by atoms with van der Waals surface area (Å²) in [6.07, 6.45) is 4.60. The molecular weight excluding hydrogens is 382 g/mol. The van der Waals surface area contributed by atoms with Crippen molar-refractivity contribution in [2.75, 3.05) is 0 Å². The Morgan fingerprint density at radius 3 is 2.59 bits per heavy atom. The Balaban J connectivity index is 1.61. The van der Waals surface area contributed by atoms with Crippen LogP contribution in [0.25, 0.3) is 32.4 Å². The van der Waals surface area contributed by atoms with E-state index in [1.807, 2.05) is 61.5 Å². The van der Waals surface area contributed by atoms with Gasteiger partial charge in [0, 0.05) is 10.4 Å². The summed E-state index contributed by atoms with van der Waals surface area (Å²) in [5.74, 6) is 0. The number of hydrogen-bond acceptors (Lipinski definition) is 6. The van der Waals surface area contributed by atoms with Gasteiger partial charge in [-0.1, -0.05) is 42.5 Å². The molecule has 6 nitrogen and oxygen atoms in total. The molecule has 0 N–H and O–H groups in total. The van der Waals surface area contributed by atoms with Crippen molar-refractivity contribution in [3.63, 3.8) is 0 Å². The molecule has 0 fully saturated rings. The molecule has 0 aliphatic rings. The summed E-state index contributed by atoms with van der Waals surface area (Å²) < 4.78 is 1.25. The Kier molecular flexibility index (Phi) is 4.22. The van der Waals surface area contributed by atoms with Gasteiger partial charge in [0.2, 0.25) is 0 Å². The van der Waals surface area contributed by atoms with E-state index in [9.17, 15) is 4.79 Å². The van der Waals surface area contributed by atoms with Crippen LogP contribution < -0.4 is 5.56 Å². The van der Waals surface area contributed by atoms with Crippen molar-refractivity contribution in [3.05, 3.63) is 88.0 Å². The molecule has 3 heterocycles. The second kappa shape index (κ2) is 7.03. The highest BCUT2D eigenvalue weighted by molar-refractivity contribution is 7.19. The number of aryl methyl sites for hydroxylation is 1. The SMILES string of the molecule is Cc1sc2ncn(/N=C\c3cnc4ccccc4n3)c(=O)c2c1-c1ccccc1. The summed E-state index contributed by atoms with van der Waals surface area (Å²) in [6.45, 7) is 2.01. The predicted molar refractivity (Wildman–Crippen MR) is 117 cm³/mol. The molecule has 5 aromatic rings. The Bertz CT molecular complexity index is 1440. The van der Waals surface area contributed by atoms with Crippen molar-refractivity contribution in [3.8, 4) is 11.1 Å². The highest BCUT2D eigenvalue weighted by Crippen LogP contribution is 2.35. The molecule has 0 aliphatic carbocycles. The third-order valence-electron chi connectivity index (χ3n) is 4.62. The number of hydrogen-bond donors (Lipinski definition) is 0. The molecule has 0 amide bonds. The highest BCUT2D eigenvalue weighted by atomic mass is 32.1. The first-order valence-electron chi connectivity index (χ1n) is 9.03. The number of rotatable bonds is 3. The van der Waals surface area contributed by atoms with Gasteiger partial charge in [-0.2, -0.15) is 9.78 Å². The molecule has 5 rings (SSSR count). The average Bonchev–Trinajstić information content (AvgIpc) is 3.10. The highest BCUT2D eigenvalue weighted by Gasteiger charge is 2.16. The number of nitrogens with zero attached hydrogens (tertiary/aromatic N) is 5. The zero-order valence-corrected chi connectivity index (χ0v) is 16.3. The van der Waals surface area contributed by atoms with E-state index < -0.39 is 0 Å². The van der Waals surface area contributed by atoms with Gasteiger partial charge < -0.3 is 0 Å². The first-order valence-corrected chi connectivity index (χ1v) is 9.85. The molecule has 0 bridgehead atoms. The fourth-order valence-corrected chi connectivity index (χ4v) is 4.29. The van der Waals surface area contributed by atoms with Gasteiger partial charge in [0.05, 0.1) is 28.8 Å². The van der Waals surface area contributed by atoms with Crippen molar-refractivity contribution in [1.29, 1.82) is 0 Å². The van der Waals surface area contributed by atoms with E-state index in [0.29, 0.717) is 15.9 Å². The summed E-state index contributed by atoms with van der Waals surface area (Å²) in [5, 5.41) is 4.88. The summed E-state index contributed by atoms with van der Waals surface area (Å²) in [6, 6.07) is 17.5. The van der Waals surface area contributed by atoms with Crippen LogP contribution in [0.3, 0.4) is 0 Å². The largest absolute Gasteiger partial charge is 0.283 e. The minimum Gasteiger partial charge on any atom is -0.267 e. The van der Waals surface area contributed by atoms with E-state index in [4.69, 9.17) is 0 Å². The molecule has 0 radical (unpaired) electrons. The number of thiophene rings is 1. The maximum absolute atomic E-state index is 13.1. The van der Waals surface area contributed by atoms with Gasteiger partial charge in [-0.25, -0.2) is 9.97 Å². The summed E-state index contributed by atoms with van der Waals surface area (Å²) in [7, 11) is 0. The number of para-hydroxylation sites is 2. The lowest BCUT2D eigenvalue weighted by atomic mass is 10.0. The molecule has 0 spiro atoms. The van der Waals surface area contributed by atoms with Crippen LogP contribution in [0.4, 0.5) is 0 Å². The van der Waals surface area contributed by atoms with Gasteiger partial charge in [-0.15, -0.1) is 11.3 Å². The Morgan fingerprint density at radius 1 is 1.00 bits per heavy atom. The van der Waals surface area contributed by atoms with E-state index in [1.54, 1.807) is 6.20 Å². The van der Waals surface area contributed by atoms with Crippen molar-refractivity contribution in [2.24, 2.45) is 5.10 Å². The first-order chi connectivity index (χ1) is 14.2. The second-order valence-electron chi connectivity index (χ2n) is 6.50. The van der Waals surface area contributed by atoms with Gasteiger partial charge in [0.25, 0.3) is 5.56 Å². The molecule has 0 saturated carbocycles. The maximum atomic E-state index is 13.1. The van der Waals surface area contributed by atoms with Crippen LogP contribution in [0.1, 0.15) is 10.6 Å². The minimum atomic E-state index is -0.205. The van der Waals surface area contributed by atoms with Crippen LogP contribution in [0.15, 0.2) is 77.0 Å². The predicted octanol–water partition coefficient (Wildman–Crippen LogP) is 4.26. The number of aromatic nitrogens is 4. The van der Waals surface area contributed by atoms with Gasteiger partial charge >= 0.3 is 0 Å². The molecule has 3 aromatic heterocycles. The molecule has 140 valence electrons. The number of benzene rings is 2. The third kappa shape index (κ3) is 3.11. The van der Waals surface area contributed by atoms with Gasteiger partial charge in [0.15, 0.2) is 0 Å². The molecule has 29 heavy (non-hydrogen) atoms. The molecule has 7 heteroatoms. The minimum absolute atomic E-state index is 0.205. The van der Waals surface area contributed by atoms with E-state index in [-0.39, 0.29) is 5.56 Å². The maximum Gasteiger partial charge on any atom is 0.283 e. The zero-order chi connectivity index (χ0) is 19.8.